The van der Waals surface area contributed by atoms with E-state index in [1.807, 2.05) is 42.6 Å². The molecule has 2 aromatic carbocycles. The summed E-state index contributed by atoms with van der Waals surface area (Å²) in [6, 6.07) is 16.0. The summed E-state index contributed by atoms with van der Waals surface area (Å²) < 4.78 is 14.9. The highest BCUT2D eigenvalue weighted by Crippen LogP contribution is 2.32. The van der Waals surface area contributed by atoms with Crippen molar-refractivity contribution in [1.29, 1.82) is 0 Å². The first kappa shape index (κ1) is 19.0. The van der Waals surface area contributed by atoms with Gasteiger partial charge >= 0.3 is 0 Å². The molecule has 0 saturated carbocycles. The van der Waals surface area contributed by atoms with Crippen LogP contribution in [0, 0.1) is 12.7 Å². The molecule has 0 aliphatic heterocycles. The summed E-state index contributed by atoms with van der Waals surface area (Å²) in [5.74, 6) is -0.809. The molecule has 0 aliphatic rings. The normalized spacial score (nSPS) is 12.1. The van der Waals surface area contributed by atoms with E-state index in [0.717, 1.165) is 28.1 Å². The Morgan fingerprint density at radius 3 is 2.59 bits per heavy atom. The fourth-order valence-electron chi connectivity index (χ4n) is 3.37. The molecule has 0 bridgehead atoms. The van der Waals surface area contributed by atoms with E-state index in [-0.39, 0.29) is 24.1 Å². The number of aromatic nitrogens is 3. The van der Waals surface area contributed by atoms with Crippen LogP contribution in [-0.2, 0) is 4.79 Å². The fraction of sp³-hybridized carbons (Fsp3) is 0.136. The Bertz CT molecular complexity index is 1140. The van der Waals surface area contributed by atoms with Gasteiger partial charge in [-0.2, -0.15) is 5.10 Å². The third-order valence-electron chi connectivity index (χ3n) is 4.84. The van der Waals surface area contributed by atoms with Crippen molar-refractivity contribution in [2.75, 3.05) is 0 Å². The Morgan fingerprint density at radius 2 is 1.90 bits per heavy atom. The Balaban J connectivity index is 1.69. The molecule has 0 saturated heterocycles. The molecule has 0 radical (unpaired) electrons. The van der Waals surface area contributed by atoms with E-state index in [4.69, 9.17) is 5.73 Å². The molecule has 4 rings (SSSR count). The molecule has 146 valence electrons. The van der Waals surface area contributed by atoms with Gasteiger partial charge in [0.25, 0.3) is 0 Å². The number of hydrogen-bond acceptors (Lipinski definition) is 4. The fourth-order valence-corrected chi connectivity index (χ4v) is 4.21. The number of carbonyl (C=O) groups is 1. The van der Waals surface area contributed by atoms with E-state index in [1.165, 1.54) is 23.5 Å². The number of amides is 1. The highest BCUT2D eigenvalue weighted by atomic mass is 32.1. The predicted octanol–water partition coefficient (Wildman–Crippen LogP) is 4.45. The highest BCUT2D eigenvalue weighted by Gasteiger charge is 2.22. The minimum absolute atomic E-state index is 0.168. The van der Waals surface area contributed by atoms with Crippen LogP contribution < -0.4 is 5.73 Å². The van der Waals surface area contributed by atoms with Crippen LogP contribution in [0.1, 0.15) is 29.2 Å². The summed E-state index contributed by atoms with van der Waals surface area (Å²) in [6.07, 6.45) is 1.98. The van der Waals surface area contributed by atoms with Crippen molar-refractivity contribution in [2.45, 2.75) is 19.3 Å². The first-order chi connectivity index (χ1) is 14.0. The quantitative estimate of drug-likeness (QED) is 0.514. The lowest BCUT2D eigenvalue weighted by molar-refractivity contribution is -0.118. The Morgan fingerprint density at radius 1 is 1.17 bits per heavy atom. The van der Waals surface area contributed by atoms with Gasteiger partial charge in [0.15, 0.2) is 0 Å². The number of nitrogens with zero attached hydrogens (tertiary/aromatic N) is 3. The number of benzene rings is 2. The topological polar surface area (TPSA) is 73.8 Å². The van der Waals surface area contributed by atoms with Crippen LogP contribution in [0.15, 0.2) is 66.2 Å². The van der Waals surface area contributed by atoms with Crippen molar-refractivity contribution >= 4 is 17.2 Å². The molecule has 29 heavy (non-hydrogen) atoms. The summed E-state index contributed by atoms with van der Waals surface area (Å²) in [4.78, 5) is 16.3. The molecule has 5 nitrogen and oxygen atoms in total. The Kier molecular flexibility index (Phi) is 5.22. The first-order valence-electron chi connectivity index (χ1n) is 9.12. The third kappa shape index (κ3) is 3.95. The summed E-state index contributed by atoms with van der Waals surface area (Å²) in [7, 11) is 0. The maximum Gasteiger partial charge on any atom is 0.218 e. The molecule has 0 spiro atoms. The van der Waals surface area contributed by atoms with E-state index in [9.17, 15) is 9.18 Å². The largest absolute Gasteiger partial charge is 0.370 e. The van der Waals surface area contributed by atoms with E-state index < -0.39 is 0 Å². The molecule has 0 fully saturated rings. The summed E-state index contributed by atoms with van der Waals surface area (Å²) in [5, 5.41) is 7.14. The number of rotatable bonds is 6. The maximum atomic E-state index is 13.2. The lowest BCUT2D eigenvalue weighted by Crippen LogP contribution is -2.16. The van der Waals surface area contributed by atoms with Crippen molar-refractivity contribution in [3.8, 4) is 16.4 Å². The van der Waals surface area contributed by atoms with Gasteiger partial charge in [-0.3, -0.25) is 4.79 Å². The van der Waals surface area contributed by atoms with Crippen molar-refractivity contribution < 1.29 is 9.18 Å². The van der Waals surface area contributed by atoms with Crippen molar-refractivity contribution in [2.24, 2.45) is 5.73 Å². The molecule has 7 heteroatoms. The number of primary amides is 1. The second-order valence-electron chi connectivity index (χ2n) is 6.75. The van der Waals surface area contributed by atoms with Crippen LogP contribution in [0.4, 0.5) is 4.39 Å². The lowest BCUT2D eigenvalue weighted by atomic mass is 9.89. The molecule has 2 heterocycles. The van der Waals surface area contributed by atoms with Gasteiger partial charge in [0, 0.05) is 34.5 Å². The van der Waals surface area contributed by atoms with Gasteiger partial charge in [-0.15, -0.1) is 11.3 Å². The number of nitrogens with two attached hydrogens (primary N) is 1. The monoisotopic (exact) mass is 406 g/mol. The summed E-state index contributed by atoms with van der Waals surface area (Å²) in [6.45, 7) is 1.96. The zero-order chi connectivity index (χ0) is 20.4. The third-order valence-corrected chi connectivity index (χ3v) is 5.66. The van der Waals surface area contributed by atoms with E-state index in [1.54, 1.807) is 23.0 Å². The van der Waals surface area contributed by atoms with Crippen molar-refractivity contribution in [1.82, 2.24) is 14.8 Å². The van der Waals surface area contributed by atoms with E-state index in [0.29, 0.717) is 5.13 Å². The molecule has 0 aliphatic carbocycles. The SMILES string of the molecule is Cc1c(C(CC(N)=O)c2ccccc2)cnn1-c1nc(-c2ccc(F)cc2)cs1. The first-order valence-corrected chi connectivity index (χ1v) is 10.0. The van der Waals surface area contributed by atoms with E-state index >= 15 is 0 Å². The van der Waals surface area contributed by atoms with Crippen LogP contribution in [-0.4, -0.2) is 20.7 Å². The zero-order valence-corrected chi connectivity index (χ0v) is 16.6. The minimum atomic E-state index is -0.362. The summed E-state index contributed by atoms with van der Waals surface area (Å²) in [5.41, 5.74) is 9.97. The standard InChI is InChI=1S/C22H19FN4OS/c1-14-19(18(11-21(24)28)15-5-3-2-4-6-15)12-25-27(14)22-26-20(13-29-22)16-7-9-17(23)10-8-16/h2-10,12-13,18H,11H2,1H3,(H2,24,28). The van der Waals surface area contributed by atoms with Crippen LogP contribution in [0.25, 0.3) is 16.4 Å². The number of halogens is 1. The number of carbonyl (C=O) groups excluding carboxylic acids is 1. The summed E-state index contributed by atoms with van der Waals surface area (Å²) >= 11 is 1.45. The maximum absolute atomic E-state index is 13.2. The van der Waals surface area contributed by atoms with E-state index in [2.05, 4.69) is 10.1 Å². The Labute approximate surface area is 171 Å². The van der Waals surface area contributed by atoms with Crippen molar-refractivity contribution in [3.63, 3.8) is 0 Å². The van der Waals surface area contributed by atoms with Gasteiger partial charge in [-0.1, -0.05) is 30.3 Å². The van der Waals surface area contributed by atoms with Gasteiger partial charge < -0.3 is 5.73 Å². The zero-order valence-electron chi connectivity index (χ0n) is 15.7. The van der Waals surface area contributed by atoms with Crippen molar-refractivity contribution in [3.05, 3.63) is 88.8 Å². The van der Waals surface area contributed by atoms with Gasteiger partial charge in [0.1, 0.15) is 5.82 Å². The minimum Gasteiger partial charge on any atom is -0.370 e. The van der Waals surface area contributed by atoms with Gasteiger partial charge in [-0.05, 0) is 36.8 Å². The molecule has 4 aromatic rings. The smallest absolute Gasteiger partial charge is 0.218 e. The van der Waals surface area contributed by atoms with Gasteiger partial charge in [-0.25, -0.2) is 14.1 Å². The van der Waals surface area contributed by atoms with Crippen LogP contribution in [0.2, 0.25) is 0 Å². The molecular weight excluding hydrogens is 387 g/mol. The molecule has 2 N–H and O–H groups in total. The average molecular weight is 406 g/mol. The Hall–Kier alpha value is -3.32. The van der Waals surface area contributed by atoms with Crippen LogP contribution in [0.5, 0.6) is 0 Å². The second-order valence-corrected chi connectivity index (χ2v) is 7.59. The molecule has 2 aromatic heterocycles. The molecule has 1 unspecified atom stereocenters. The molecule has 1 atom stereocenters. The van der Waals surface area contributed by atoms with Gasteiger partial charge in [0.2, 0.25) is 11.0 Å². The van der Waals surface area contributed by atoms with Crippen LogP contribution >= 0.6 is 11.3 Å². The molecule has 1 amide bonds. The average Bonchev–Trinajstić information content (AvgIpc) is 3.34. The lowest BCUT2D eigenvalue weighted by Gasteiger charge is -2.15. The van der Waals surface area contributed by atoms with Gasteiger partial charge in [0.05, 0.1) is 11.9 Å². The highest BCUT2D eigenvalue weighted by molar-refractivity contribution is 7.12. The predicted molar refractivity (Wildman–Crippen MR) is 111 cm³/mol. The number of thiazole rings is 1. The van der Waals surface area contributed by atoms with Crippen LogP contribution in [0.3, 0.4) is 0 Å². The second kappa shape index (κ2) is 7.97. The number of hydrogen-bond donors (Lipinski definition) is 1. The molecular formula is C22H19FN4OS.